The van der Waals surface area contributed by atoms with Crippen molar-refractivity contribution in [2.45, 2.75) is 24.6 Å². The van der Waals surface area contributed by atoms with E-state index in [9.17, 15) is 9.59 Å². The molecule has 21 heavy (non-hydrogen) atoms. The Bertz CT molecular complexity index is 458. The topological polar surface area (TPSA) is 61.8 Å². The summed E-state index contributed by atoms with van der Waals surface area (Å²) in [6.45, 7) is 2.61. The zero-order valence-electron chi connectivity index (χ0n) is 12.1. The third-order valence-corrected chi connectivity index (χ3v) is 3.58. The van der Waals surface area contributed by atoms with E-state index in [0.717, 1.165) is 5.56 Å². The van der Waals surface area contributed by atoms with Gasteiger partial charge in [-0.15, -0.1) is 0 Å². The highest BCUT2D eigenvalue weighted by molar-refractivity contribution is 9.09. The molecule has 0 saturated carbocycles. The number of benzene rings is 1. The predicted molar refractivity (Wildman–Crippen MR) is 81.5 cm³/mol. The number of methoxy groups -OCH3 is 1. The van der Waals surface area contributed by atoms with Gasteiger partial charge in [-0.25, -0.2) is 0 Å². The molecule has 0 N–H and O–H groups in total. The Labute approximate surface area is 132 Å². The van der Waals surface area contributed by atoms with Crippen molar-refractivity contribution in [2.75, 3.05) is 20.3 Å². The van der Waals surface area contributed by atoms with Crippen LogP contribution in [0.2, 0.25) is 0 Å². The Balaban J connectivity index is 2.38. The molecule has 5 nitrogen and oxygen atoms in total. The fraction of sp³-hybridized carbons (Fsp3) is 0.467. The van der Waals surface area contributed by atoms with E-state index in [0.29, 0.717) is 31.8 Å². The molecule has 0 spiro atoms. The molecule has 0 heterocycles. The number of carbonyl (C=O) groups is 2. The summed E-state index contributed by atoms with van der Waals surface area (Å²) in [5.74, 6) is 0.127. The SMILES string of the molecule is CCOC(=O)CCCOc1ccc(C(Br)C(=O)OC)cc1. The Morgan fingerprint density at radius 2 is 1.90 bits per heavy atom. The fourth-order valence-electron chi connectivity index (χ4n) is 1.61. The summed E-state index contributed by atoms with van der Waals surface area (Å²) in [7, 11) is 1.34. The summed E-state index contributed by atoms with van der Waals surface area (Å²) in [5.41, 5.74) is 0.792. The van der Waals surface area contributed by atoms with Crippen molar-refractivity contribution in [1.29, 1.82) is 0 Å². The maximum absolute atomic E-state index is 11.4. The van der Waals surface area contributed by atoms with E-state index in [1.54, 1.807) is 31.2 Å². The van der Waals surface area contributed by atoms with Crippen LogP contribution in [-0.4, -0.2) is 32.3 Å². The summed E-state index contributed by atoms with van der Waals surface area (Å²) in [5, 5.41) is 0. The lowest BCUT2D eigenvalue weighted by Crippen LogP contribution is -2.08. The number of alkyl halides is 1. The van der Waals surface area contributed by atoms with Crippen molar-refractivity contribution in [3.63, 3.8) is 0 Å². The van der Waals surface area contributed by atoms with Gasteiger partial charge in [-0.1, -0.05) is 28.1 Å². The summed E-state index contributed by atoms with van der Waals surface area (Å²) in [6.07, 6.45) is 0.946. The molecule has 1 atom stereocenters. The number of esters is 2. The maximum atomic E-state index is 11.4. The van der Waals surface area contributed by atoms with Crippen LogP contribution in [-0.2, 0) is 19.1 Å². The van der Waals surface area contributed by atoms with Crippen molar-refractivity contribution in [3.05, 3.63) is 29.8 Å². The van der Waals surface area contributed by atoms with Gasteiger partial charge < -0.3 is 14.2 Å². The fourth-order valence-corrected chi connectivity index (χ4v) is 2.10. The number of ether oxygens (including phenoxy) is 3. The summed E-state index contributed by atoms with van der Waals surface area (Å²) >= 11 is 3.26. The molecule has 0 fully saturated rings. The summed E-state index contributed by atoms with van der Waals surface area (Å²) < 4.78 is 15.0. The molecule has 1 aromatic rings. The number of halogens is 1. The van der Waals surface area contributed by atoms with Crippen molar-refractivity contribution in [2.24, 2.45) is 0 Å². The second kappa shape index (κ2) is 9.39. The van der Waals surface area contributed by atoms with Crippen molar-refractivity contribution in [1.82, 2.24) is 0 Å². The van der Waals surface area contributed by atoms with Crippen LogP contribution in [0.3, 0.4) is 0 Å². The average molecular weight is 359 g/mol. The lowest BCUT2D eigenvalue weighted by atomic mass is 10.1. The number of hydrogen-bond donors (Lipinski definition) is 0. The van der Waals surface area contributed by atoms with E-state index < -0.39 is 4.83 Å². The molecule has 0 saturated heterocycles. The third-order valence-electron chi connectivity index (χ3n) is 2.68. The third kappa shape index (κ3) is 6.16. The molecule has 0 amide bonds. The Morgan fingerprint density at radius 1 is 1.24 bits per heavy atom. The van der Waals surface area contributed by atoms with Crippen LogP contribution in [0.5, 0.6) is 5.75 Å². The van der Waals surface area contributed by atoms with Gasteiger partial charge in [-0.3, -0.25) is 9.59 Å². The number of hydrogen-bond acceptors (Lipinski definition) is 5. The second-order valence-electron chi connectivity index (χ2n) is 4.21. The molecule has 1 unspecified atom stereocenters. The molecule has 0 aromatic heterocycles. The van der Waals surface area contributed by atoms with E-state index in [2.05, 4.69) is 20.7 Å². The minimum atomic E-state index is -0.486. The Kier molecular flexibility index (Phi) is 7.82. The van der Waals surface area contributed by atoms with Gasteiger partial charge in [0.2, 0.25) is 0 Å². The smallest absolute Gasteiger partial charge is 0.323 e. The van der Waals surface area contributed by atoms with Gasteiger partial charge in [0.25, 0.3) is 0 Å². The molecule has 0 aliphatic heterocycles. The largest absolute Gasteiger partial charge is 0.494 e. The van der Waals surface area contributed by atoms with E-state index >= 15 is 0 Å². The molecular weight excluding hydrogens is 340 g/mol. The highest BCUT2D eigenvalue weighted by Crippen LogP contribution is 2.25. The molecule has 0 aliphatic rings. The first-order valence-electron chi connectivity index (χ1n) is 6.68. The molecule has 0 aliphatic carbocycles. The van der Waals surface area contributed by atoms with Crippen LogP contribution in [0.15, 0.2) is 24.3 Å². The second-order valence-corrected chi connectivity index (χ2v) is 5.13. The molecule has 6 heteroatoms. The Morgan fingerprint density at radius 3 is 2.48 bits per heavy atom. The standard InChI is InChI=1S/C15H19BrO5/c1-3-20-13(17)5-4-10-21-12-8-6-11(7-9-12)14(16)15(18)19-2/h6-9,14H,3-5,10H2,1-2H3. The first-order valence-corrected chi connectivity index (χ1v) is 7.60. The van der Waals surface area contributed by atoms with Crippen LogP contribution in [0, 0.1) is 0 Å². The van der Waals surface area contributed by atoms with E-state index in [1.807, 2.05) is 0 Å². The zero-order valence-corrected chi connectivity index (χ0v) is 13.7. The van der Waals surface area contributed by atoms with Gasteiger partial charge in [0.1, 0.15) is 10.6 Å². The first kappa shape index (κ1) is 17.5. The first-order chi connectivity index (χ1) is 10.1. The highest BCUT2D eigenvalue weighted by Gasteiger charge is 2.17. The van der Waals surface area contributed by atoms with E-state index in [-0.39, 0.29) is 11.9 Å². The molecule has 116 valence electrons. The van der Waals surface area contributed by atoms with Gasteiger partial charge in [0, 0.05) is 6.42 Å². The molecule has 0 radical (unpaired) electrons. The molecule has 0 bridgehead atoms. The van der Waals surface area contributed by atoms with E-state index in [1.165, 1.54) is 7.11 Å². The van der Waals surface area contributed by atoms with Gasteiger partial charge in [0.05, 0.1) is 20.3 Å². The highest BCUT2D eigenvalue weighted by atomic mass is 79.9. The summed E-state index contributed by atoms with van der Waals surface area (Å²) in [6, 6.07) is 7.13. The molecule has 1 aromatic carbocycles. The number of carbonyl (C=O) groups excluding carboxylic acids is 2. The quantitative estimate of drug-likeness (QED) is 0.406. The average Bonchev–Trinajstić information content (AvgIpc) is 2.51. The van der Waals surface area contributed by atoms with Crippen LogP contribution in [0.25, 0.3) is 0 Å². The Hall–Kier alpha value is -1.56. The predicted octanol–water partition coefficient (Wildman–Crippen LogP) is 3.02. The van der Waals surface area contributed by atoms with Crippen LogP contribution < -0.4 is 4.74 Å². The van der Waals surface area contributed by atoms with E-state index in [4.69, 9.17) is 9.47 Å². The van der Waals surface area contributed by atoms with Crippen LogP contribution in [0.4, 0.5) is 0 Å². The zero-order chi connectivity index (χ0) is 15.7. The monoisotopic (exact) mass is 358 g/mol. The molecular formula is C15H19BrO5. The maximum Gasteiger partial charge on any atom is 0.323 e. The minimum Gasteiger partial charge on any atom is -0.494 e. The lowest BCUT2D eigenvalue weighted by molar-refractivity contribution is -0.143. The minimum absolute atomic E-state index is 0.211. The number of rotatable bonds is 8. The van der Waals surface area contributed by atoms with Gasteiger partial charge >= 0.3 is 11.9 Å². The van der Waals surface area contributed by atoms with Gasteiger partial charge in [-0.05, 0) is 31.0 Å². The van der Waals surface area contributed by atoms with Crippen molar-refractivity contribution in [3.8, 4) is 5.75 Å². The van der Waals surface area contributed by atoms with Crippen molar-refractivity contribution >= 4 is 27.9 Å². The lowest BCUT2D eigenvalue weighted by Gasteiger charge is -2.10. The summed E-state index contributed by atoms with van der Waals surface area (Å²) in [4.78, 5) is 22.0. The van der Waals surface area contributed by atoms with Gasteiger partial charge in [-0.2, -0.15) is 0 Å². The van der Waals surface area contributed by atoms with Crippen LogP contribution >= 0.6 is 15.9 Å². The molecule has 1 rings (SSSR count). The normalized spacial score (nSPS) is 11.6. The van der Waals surface area contributed by atoms with Crippen LogP contribution in [0.1, 0.15) is 30.2 Å². The van der Waals surface area contributed by atoms with Crippen molar-refractivity contribution < 1.29 is 23.8 Å². The van der Waals surface area contributed by atoms with Gasteiger partial charge in [0.15, 0.2) is 0 Å².